The molecular weight excluding hydrogens is 160 g/mol. The molecule has 0 aromatic rings. The first-order valence-electron chi connectivity index (χ1n) is 4.08. The van der Waals surface area contributed by atoms with Crippen molar-refractivity contribution in [3.63, 3.8) is 0 Å². The quantitative estimate of drug-likeness (QED) is 0.650. The van der Waals surface area contributed by atoms with E-state index in [-0.39, 0.29) is 18.5 Å². The Morgan fingerprint density at radius 2 is 2.00 bits per heavy atom. The van der Waals surface area contributed by atoms with Crippen molar-refractivity contribution >= 4 is 0 Å². The molecule has 1 saturated heterocycles. The molecule has 1 heterocycles. The third-order valence-corrected chi connectivity index (χ3v) is 2.22. The fourth-order valence-electron chi connectivity index (χ4n) is 1.39. The third-order valence-electron chi connectivity index (χ3n) is 2.22. The van der Waals surface area contributed by atoms with Gasteiger partial charge in [-0.15, -0.1) is 0 Å². The summed E-state index contributed by atoms with van der Waals surface area (Å²) in [4.78, 5) is 0. The van der Waals surface area contributed by atoms with Crippen LogP contribution in [0.3, 0.4) is 0 Å². The molecule has 1 fully saturated rings. The van der Waals surface area contributed by atoms with E-state index in [0.29, 0.717) is 6.42 Å². The zero-order valence-electron chi connectivity index (χ0n) is 7.69. The van der Waals surface area contributed by atoms with Gasteiger partial charge in [-0.05, 0) is 6.92 Å². The molecule has 1 aliphatic rings. The zero-order valence-corrected chi connectivity index (χ0v) is 7.69. The number of aliphatic hydroxyl groups is 1. The summed E-state index contributed by atoms with van der Waals surface area (Å²) < 4.78 is 15.5. The molecule has 0 saturated carbocycles. The van der Waals surface area contributed by atoms with Crippen LogP contribution in [-0.2, 0) is 14.2 Å². The van der Waals surface area contributed by atoms with E-state index in [1.165, 1.54) is 0 Å². The Hall–Kier alpha value is -0.160. The van der Waals surface area contributed by atoms with Gasteiger partial charge in [-0.25, -0.2) is 0 Å². The van der Waals surface area contributed by atoms with Gasteiger partial charge >= 0.3 is 0 Å². The number of methoxy groups -OCH3 is 2. The van der Waals surface area contributed by atoms with Crippen LogP contribution in [-0.4, -0.2) is 43.9 Å². The Bertz CT molecular complexity index is 139. The smallest absolute Gasteiger partial charge is 0.160 e. The van der Waals surface area contributed by atoms with Crippen LogP contribution in [0.4, 0.5) is 0 Å². The molecule has 4 nitrogen and oxygen atoms in total. The molecule has 0 spiro atoms. The Morgan fingerprint density at radius 1 is 1.33 bits per heavy atom. The normalized spacial score (nSPS) is 43.0. The Labute approximate surface area is 72.4 Å². The number of aliphatic hydroxyl groups excluding tert-OH is 1. The standard InChI is InChI=1S/C8H16O4/c1-5-8(9)6(10-2)4-7(11-3)12-5/h5-9H,4H2,1-3H3/t5-,6+,7+,8-/m0/s1. The van der Waals surface area contributed by atoms with E-state index in [1.807, 2.05) is 6.92 Å². The first-order chi connectivity index (χ1) is 5.69. The summed E-state index contributed by atoms with van der Waals surface area (Å²) in [6, 6.07) is 0. The zero-order chi connectivity index (χ0) is 9.14. The van der Waals surface area contributed by atoms with Gasteiger partial charge in [-0.1, -0.05) is 0 Å². The van der Waals surface area contributed by atoms with Gasteiger partial charge in [0.2, 0.25) is 0 Å². The summed E-state index contributed by atoms with van der Waals surface area (Å²) in [5, 5.41) is 9.55. The van der Waals surface area contributed by atoms with E-state index in [0.717, 1.165) is 0 Å². The molecule has 0 radical (unpaired) electrons. The van der Waals surface area contributed by atoms with Gasteiger partial charge in [0.05, 0.1) is 12.2 Å². The molecule has 4 atom stereocenters. The van der Waals surface area contributed by atoms with Crippen molar-refractivity contribution in [1.29, 1.82) is 0 Å². The van der Waals surface area contributed by atoms with E-state index >= 15 is 0 Å². The molecule has 12 heavy (non-hydrogen) atoms. The van der Waals surface area contributed by atoms with Crippen LogP contribution in [0.25, 0.3) is 0 Å². The monoisotopic (exact) mass is 176 g/mol. The van der Waals surface area contributed by atoms with Crippen LogP contribution >= 0.6 is 0 Å². The minimum Gasteiger partial charge on any atom is -0.388 e. The van der Waals surface area contributed by atoms with Crippen LogP contribution in [0, 0.1) is 0 Å². The molecule has 1 aliphatic heterocycles. The Morgan fingerprint density at radius 3 is 2.50 bits per heavy atom. The lowest BCUT2D eigenvalue weighted by Crippen LogP contribution is -2.48. The summed E-state index contributed by atoms with van der Waals surface area (Å²) in [5.41, 5.74) is 0. The highest BCUT2D eigenvalue weighted by Gasteiger charge is 2.35. The summed E-state index contributed by atoms with van der Waals surface area (Å²) in [7, 11) is 3.17. The molecular formula is C8H16O4. The summed E-state index contributed by atoms with van der Waals surface area (Å²) >= 11 is 0. The highest BCUT2D eigenvalue weighted by atomic mass is 16.7. The third kappa shape index (κ3) is 1.95. The lowest BCUT2D eigenvalue weighted by Gasteiger charge is -2.36. The molecule has 1 rings (SSSR count). The van der Waals surface area contributed by atoms with Gasteiger partial charge in [0, 0.05) is 20.6 Å². The van der Waals surface area contributed by atoms with Crippen LogP contribution < -0.4 is 0 Å². The van der Waals surface area contributed by atoms with Crippen molar-refractivity contribution in [1.82, 2.24) is 0 Å². The van der Waals surface area contributed by atoms with Crippen LogP contribution in [0.2, 0.25) is 0 Å². The number of hydrogen-bond acceptors (Lipinski definition) is 4. The fraction of sp³-hybridized carbons (Fsp3) is 1.00. The second-order valence-electron chi connectivity index (χ2n) is 3.01. The topological polar surface area (TPSA) is 47.9 Å². The molecule has 0 aromatic carbocycles. The van der Waals surface area contributed by atoms with Crippen molar-refractivity contribution in [3.8, 4) is 0 Å². The minimum absolute atomic E-state index is 0.182. The van der Waals surface area contributed by atoms with Gasteiger partial charge in [-0.3, -0.25) is 0 Å². The Kier molecular flexibility index (Phi) is 3.46. The highest BCUT2D eigenvalue weighted by molar-refractivity contribution is 4.80. The van der Waals surface area contributed by atoms with Gasteiger partial charge in [0.1, 0.15) is 6.10 Å². The maximum Gasteiger partial charge on any atom is 0.160 e. The van der Waals surface area contributed by atoms with Gasteiger partial charge < -0.3 is 19.3 Å². The molecule has 0 unspecified atom stereocenters. The van der Waals surface area contributed by atoms with Crippen LogP contribution in [0.15, 0.2) is 0 Å². The van der Waals surface area contributed by atoms with E-state index in [2.05, 4.69) is 0 Å². The maximum atomic E-state index is 9.55. The van der Waals surface area contributed by atoms with Crippen LogP contribution in [0.5, 0.6) is 0 Å². The molecule has 0 aliphatic carbocycles. The number of hydrogen-bond donors (Lipinski definition) is 1. The molecule has 0 bridgehead atoms. The van der Waals surface area contributed by atoms with Crippen molar-refractivity contribution in [2.75, 3.05) is 14.2 Å². The second kappa shape index (κ2) is 4.18. The SMILES string of the molecule is CO[C@H]1C[C@@H](OC)[C@@H](O)[C@H](C)O1. The largest absolute Gasteiger partial charge is 0.388 e. The lowest BCUT2D eigenvalue weighted by atomic mass is 10.0. The van der Waals surface area contributed by atoms with E-state index < -0.39 is 6.10 Å². The molecule has 1 N–H and O–H groups in total. The Balaban J connectivity index is 2.52. The molecule has 0 aromatic heterocycles. The van der Waals surface area contributed by atoms with Crippen molar-refractivity contribution < 1.29 is 19.3 Å². The van der Waals surface area contributed by atoms with Gasteiger partial charge in [0.15, 0.2) is 6.29 Å². The van der Waals surface area contributed by atoms with Crippen molar-refractivity contribution in [2.45, 2.75) is 37.9 Å². The number of ether oxygens (including phenoxy) is 3. The van der Waals surface area contributed by atoms with E-state index in [4.69, 9.17) is 14.2 Å². The molecule has 0 amide bonds. The fourth-order valence-corrected chi connectivity index (χ4v) is 1.39. The predicted molar refractivity (Wildman–Crippen MR) is 42.8 cm³/mol. The molecule has 72 valence electrons. The average Bonchev–Trinajstić information content (AvgIpc) is 2.09. The minimum atomic E-state index is -0.554. The van der Waals surface area contributed by atoms with E-state index in [1.54, 1.807) is 14.2 Å². The van der Waals surface area contributed by atoms with Crippen molar-refractivity contribution in [2.24, 2.45) is 0 Å². The van der Waals surface area contributed by atoms with Gasteiger partial charge in [0.25, 0.3) is 0 Å². The highest BCUT2D eigenvalue weighted by Crippen LogP contribution is 2.22. The lowest BCUT2D eigenvalue weighted by molar-refractivity contribution is -0.241. The predicted octanol–water partition coefficient (Wildman–Crippen LogP) is 0.144. The first kappa shape index (κ1) is 9.92. The summed E-state index contributed by atoms with van der Waals surface area (Å²) in [6.45, 7) is 1.81. The van der Waals surface area contributed by atoms with E-state index in [9.17, 15) is 5.11 Å². The maximum absolute atomic E-state index is 9.55. The summed E-state index contributed by atoms with van der Waals surface area (Å²) in [6.07, 6.45) is -0.638. The summed E-state index contributed by atoms with van der Waals surface area (Å²) in [5.74, 6) is 0. The second-order valence-corrected chi connectivity index (χ2v) is 3.01. The van der Waals surface area contributed by atoms with Crippen LogP contribution in [0.1, 0.15) is 13.3 Å². The van der Waals surface area contributed by atoms with Gasteiger partial charge in [-0.2, -0.15) is 0 Å². The number of rotatable bonds is 2. The first-order valence-corrected chi connectivity index (χ1v) is 4.08. The molecule has 4 heteroatoms. The average molecular weight is 176 g/mol. The van der Waals surface area contributed by atoms with Crippen molar-refractivity contribution in [3.05, 3.63) is 0 Å².